The molecular formula is C20H17ClF2N2O5. The van der Waals surface area contributed by atoms with Crippen molar-refractivity contribution >= 4 is 34.4 Å². The maximum atomic E-state index is 15.0. The number of carbonyl (C=O) groups is 2. The number of nitriles is 1. The number of aromatic nitrogens is 1. The molecular weight excluding hydrogens is 422 g/mol. The van der Waals surface area contributed by atoms with Crippen molar-refractivity contribution in [2.45, 2.75) is 38.6 Å². The van der Waals surface area contributed by atoms with Crippen LogP contribution in [0.3, 0.4) is 0 Å². The van der Waals surface area contributed by atoms with Crippen molar-refractivity contribution in [2.24, 2.45) is 0 Å². The molecule has 10 heteroatoms. The van der Waals surface area contributed by atoms with Crippen molar-refractivity contribution in [1.29, 1.82) is 5.26 Å². The van der Waals surface area contributed by atoms with Gasteiger partial charge in [0, 0.05) is 17.8 Å². The first-order chi connectivity index (χ1) is 14.3. The average Bonchev–Trinajstić information content (AvgIpc) is 3.55. The summed E-state index contributed by atoms with van der Waals surface area (Å²) in [5, 5.41) is 7.95. The van der Waals surface area contributed by atoms with Crippen LogP contribution >= 0.6 is 11.6 Å². The van der Waals surface area contributed by atoms with Gasteiger partial charge in [0.05, 0.1) is 30.2 Å². The Balaban J connectivity index is 2.49. The van der Waals surface area contributed by atoms with E-state index in [-0.39, 0.29) is 24.8 Å². The van der Waals surface area contributed by atoms with Crippen LogP contribution < -0.4 is 5.43 Å². The number of rotatable bonds is 6. The van der Waals surface area contributed by atoms with E-state index < -0.39 is 56.5 Å². The van der Waals surface area contributed by atoms with Crippen LogP contribution in [-0.4, -0.2) is 29.7 Å². The lowest BCUT2D eigenvalue weighted by Gasteiger charge is -2.19. The van der Waals surface area contributed by atoms with Gasteiger partial charge in [0.15, 0.2) is 17.6 Å². The normalized spacial score (nSPS) is 14.3. The molecule has 1 fully saturated rings. The van der Waals surface area contributed by atoms with E-state index in [0.717, 1.165) is 6.20 Å². The number of fused-ring (bicyclic) bond motifs is 1. The van der Waals surface area contributed by atoms with Crippen molar-refractivity contribution in [3.63, 3.8) is 0 Å². The van der Waals surface area contributed by atoms with Crippen LogP contribution in [0.15, 0.2) is 11.0 Å². The van der Waals surface area contributed by atoms with Crippen LogP contribution in [0.2, 0.25) is 5.02 Å². The third-order valence-electron chi connectivity index (χ3n) is 4.71. The minimum atomic E-state index is -1.89. The van der Waals surface area contributed by atoms with Crippen molar-refractivity contribution in [1.82, 2.24) is 4.57 Å². The minimum absolute atomic E-state index is 0.0282. The molecule has 7 nitrogen and oxygen atoms in total. The molecule has 1 atom stereocenters. The summed E-state index contributed by atoms with van der Waals surface area (Å²) in [5.41, 5.74) is -2.61. The Morgan fingerprint density at radius 1 is 1.27 bits per heavy atom. The van der Waals surface area contributed by atoms with Crippen LogP contribution in [-0.2, 0) is 14.3 Å². The van der Waals surface area contributed by atoms with E-state index in [9.17, 15) is 19.6 Å². The maximum absolute atomic E-state index is 15.0. The fraction of sp³-hybridized carbons (Fsp3) is 0.400. The number of nitrogens with zero attached hydrogens (tertiary/aromatic N) is 2. The number of ether oxygens (including phenoxy) is 2. The zero-order valence-corrected chi connectivity index (χ0v) is 16.9. The van der Waals surface area contributed by atoms with Gasteiger partial charge in [-0.1, -0.05) is 11.6 Å². The van der Waals surface area contributed by atoms with Gasteiger partial charge in [-0.15, -0.1) is 0 Å². The van der Waals surface area contributed by atoms with Crippen molar-refractivity contribution in [2.75, 3.05) is 13.2 Å². The van der Waals surface area contributed by atoms with E-state index in [1.54, 1.807) is 6.07 Å². The first-order valence-corrected chi connectivity index (χ1v) is 9.64. The molecule has 0 aliphatic heterocycles. The minimum Gasteiger partial charge on any atom is -0.465 e. The molecule has 1 unspecified atom stereocenters. The van der Waals surface area contributed by atoms with E-state index in [0.29, 0.717) is 12.8 Å². The monoisotopic (exact) mass is 438 g/mol. The van der Waals surface area contributed by atoms with E-state index in [1.165, 1.54) is 18.4 Å². The largest absolute Gasteiger partial charge is 0.465 e. The lowest BCUT2D eigenvalue weighted by molar-refractivity contribution is -0.143. The molecule has 1 aromatic heterocycles. The molecule has 158 valence electrons. The lowest BCUT2D eigenvalue weighted by Crippen LogP contribution is -2.25. The van der Waals surface area contributed by atoms with Crippen molar-refractivity contribution in [3.8, 4) is 6.07 Å². The van der Waals surface area contributed by atoms with Gasteiger partial charge >= 0.3 is 11.9 Å². The summed E-state index contributed by atoms with van der Waals surface area (Å²) in [6, 6.07) is 1.33. The second kappa shape index (κ2) is 8.40. The molecule has 0 radical (unpaired) electrons. The number of hydrogen-bond donors (Lipinski definition) is 0. The number of pyridine rings is 1. The molecule has 0 bridgehead atoms. The predicted molar refractivity (Wildman–Crippen MR) is 102 cm³/mol. The summed E-state index contributed by atoms with van der Waals surface area (Å²) in [6.07, 6.45) is 2.40. The third-order valence-corrected chi connectivity index (χ3v) is 5.04. The highest BCUT2D eigenvalue weighted by atomic mass is 35.5. The fourth-order valence-electron chi connectivity index (χ4n) is 3.26. The number of carbonyl (C=O) groups excluding carboxylic acids is 2. The second-order valence-corrected chi connectivity index (χ2v) is 7.00. The standard InChI is InChI=1S/C20H17ClF2N2O5/c1-3-29-19(27)10(7-24)12-13-17(16(23)14(21)15(12)22)25(9-5-6-9)8-11(18(13)26)20(28)30-4-2/h8-10H,3-6H2,1-2H3. The Morgan fingerprint density at radius 2 is 1.90 bits per heavy atom. The molecule has 1 aromatic carbocycles. The van der Waals surface area contributed by atoms with Crippen LogP contribution in [0, 0.1) is 23.0 Å². The van der Waals surface area contributed by atoms with Crippen LogP contribution in [0.4, 0.5) is 8.78 Å². The zero-order valence-electron chi connectivity index (χ0n) is 16.1. The van der Waals surface area contributed by atoms with Gasteiger partial charge in [0.1, 0.15) is 10.6 Å². The molecule has 0 N–H and O–H groups in total. The quantitative estimate of drug-likeness (QED) is 0.504. The smallest absolute Gasteiger partial charge is 0.343 e. The SMILES string of the molecule is CCOC(=O)c1cn(C2CC2)c2c(F)c(Cl)c(F)c(C(C#N)C(=O)OCC)c2c1=O. The molecule has 2 aromatic rings. The van der Waals surface area contributed by atoms with E-state index in [1.807, 2.05) is 0 Å². The highest BCUT2D eigenvalue weighted by molar-refractivity contribution is 6.32. The molecule has 1 heterocycles. The highest BCUT2D eigenvalue weighted by Gasteiger charge is 2.36. The van der Waals surface area contributed by atoms with Gasteiger partial charge in [-0.05, 0) is 26.7 Å². The summed E-state index contributed by atoms with van der Waals surface area (Å²) in [5.74, 6) is -6.63. The highest BCUT2D eigenvalue weighted by Crippen LogP contribution is 2.41. The lowest BCUT2D eigenvalue weighted by atomic mass is 9.93. The van der Waals surface area contributed by atoms with Gasteiger partial charge in [0.2, 0.25) is 5.43 Å². The van der Waals surface area contributed by atoms with Gasteiger partial charge in [0.25, 0.3) is 0 Å². The Bertz CT molecular complexity index is 1150. The number of halogens is 3. The molecule has 0 amide bonds. The molecule has 0 saturated heterocycles. The average molecular weight is 439 g/mol. The van der Waals surface area contributed by atoms with Crippen molar-refractivity contribution < 1.29 is 27.8 Å². The Kier molecular flexibility index (Phi) is 6.08. The van der Waals surface area contributed by atoms with Crippen molar-refractivity contribution in [3.05, 3.63) is 44.2 Å². The maximum Gasteiger partial charge on any atom is 0.343 e. The fourth-order valence-corrected chi connectivity index (χ4v) is 3.45. The molecule has 30 heavy (non-hydrogen) atoms. The first kappa shape index (κ1) is 21.7. The molecule has 0 spiro atoms. The first-order valence-electron chi connectivity index (χ1n) is 9.26. The Labute approximate surface area is 174 Å². The Morgan fingerprint density at radius 3 is 2.43 bits per heavy atom. The summed E-state index contributed by atoms with van der Waals surface area (Å²) in [4.78, 5) is 37.7. The molecule has 3 rings (SSSR count). The Hall–Kier alpha value is -2.99. The summed E-state index contributed by atoms with van der Waals surface area (Å²) >= 11 is 5.83. The topological polar surface area (TPSA) is 98.4 Å². The third kappa shape index (κ3) is 3.52. The number of esters is 2. The van der Waals surface area contributed by atoms with Gasteiger partial charge in [-0.3, -0.25) is 9.59 Å². The second-order valence-electron chi connectivity index (χ2n) is 6.62. The summed E-state index contributed by atoms with van der Waals surface area (Å²) in [6.45, 7) is 2.89. The summed E-state index contributed by atoms with van der Waals surface area (Å²) in [7, 11) is 0. The molecule has 1 aliphatic carbocycles. The number of benzene rings is 1. The van der Waals surface area contributed by atoms with E-state index in [2.05, 4.69) is 0 Å². The van der Waals surface area contributed by atoms with Gasteiger partial charge in [-0.25, -0.2) is 13.6 Å². The van der Waals surface area contributed by atoms with Gasteiger partial charge < -0.3 is 14.0 Å². The molecule has 1 aliphatic rings. The molecule has 1 saturated carbocycles. The van der Waals surface area contributed by atoms with Crippen LogP contribution in [0.25, 0.3) is 10.9 Å². The summed E-state index contributed by atoms with van der Waals surface area (Å²) < 4.78 is 41.1. The van der Waals surface area contributed by atoms with Gasteiger partial charge in [-0.2, -0.15) is 5.26 Å². The van der Waals surface area contributed by atoms with E-state index in [4.69, 9.17) is 21.1 Å². The van der Waals surface area contributed by atoms with Crippen LogP contribution in [0.1, 0.15) is 54.6 Å². The predicted octanol–water partition coefficient (Wildman–Crippen LogP) is 3.61. The number of hydrogen-bond acceptors (Lipinski definition) is 6. The van der Waals surface area contributed by atoms with E-state index >= 15 is 8.78 Å². The van der Waals surface area contributed by atoms with Crippen LogP contribution in [0.5, 0.6) is 0 Å². The zero-order chi connectivity index (χ0) is 22.2.